The highest BCUT2D eigenvalue weighted by molar-refractivity contribution is 6.31. The van der Waals surface area contributed by atoms with Crippen LogP contribution in [0.25, 0.3) is 11.0 Å². The van der Waals surface area contributed by atoms with E-state index in [0.29, 0.717) is 17.1 Å². The van der Waals surface area contributed by atoms with Crippen molar-refractivity contribution < 1.29 is 9.21 Å². The van der Waals surface area contributed by atoms with Gasteiger partial charge in [-0.1, -0.05) is 43.1 Å². The maximum Gasteiger partial charge on any atom is 0.259 e. The van der Waals surface area contributed by atoms with Crippen LogP contribution in [0.15, 0.2) is 46.9 Å². The van der Waals surface area contributed by atoms with Gasteiger partial charge in [-0.25, -0.2) is 0 Å². The Morgan fingerprint density at radius 1 is 1.19 bits per heavy atom. The van der Waals surface area contributed by atoms with Gasteiger partial charge >= 0.3 is 0 Å². The number of nitrogens with zero attached hydrogens (tertiary/aromatic N) is 1. The number of carbonyl (C=O) groups is 1. The van der Waals surface area contributed by atoms with Gasteiger partial charge in [-0.05, 0) is 50.3 Å². The zero-order valence-electron chi connectivity index (χ0n) is 16.0. The first-order valence-corrected chi connectivity index (χ1v) is 9.62. The van der Waals surface area contributed by atoms with Crippen LogP contribution in [0.3, 0.4) is 0 Å². The van der Waals surface area contributed by atoms with E-state index in [0.717, 1.165) is 47.2 Å². The van der Waals surface area contributed by atoms with Crippen molar-refractivity contribution in [2.24, 2.45) is 0 Å². The molecule has 27 heavy (non-hydrogen) atoms. The molecule has 142 valence electrons. The molecule has 1 amide bonds. The van der Waals surface area contributed by atoms with Crippen molar-refractivity contribution in [3.8, 4) is 0 Å². The van der Waals surface area contributed by atoms with E-state index in [9.17, 15) is 4.79 Å². The molecular formula is C22H25ClN2O2. The molecule has 0 atom stereocenters. The van der Waals surface area contributed by atoms with E-state index in [4.69, 9.17) is 16.0 Å². The van der Waals surface area contributed by atoms with E-state index in [1.165, 1.54) is 0 Å². The van der Waals surface area contributed by atoms with E-state index in [-0.39, 0.29) is 5.91 Å². The summed E-state index contributed by atoms with van der Waals surface area (Å²) in [6, 6.07) is 13.3. The molecule has 0 fully saturated rings. The largest absolute Gasteiger partial charge is 0.460 e. The van der Waals surface area contributed by atoms with Crippen molar-refractivity contribution in [1.82, 2.24) is 4.90 Å². The van der Waals surface area contributed by atoms with Crippen molar-refractivity contribution in [2.75, 3.05) is 19.4 Å². The Labute approximate surface area is 165 Å². The number of aryl methyl sites for hydroxylation is 1. The average Bonchev–Trinajstić information content (AvgIpc) is 3.00. The summed E-state index contributed by atoms with van der Waals surface area (Å²) in [6.45, 7) is 2.83. The lowest BCUT2D eigenvalue weighted by molar-refractivity contribution is 0.102. The van der Waals surface area contributed by atoms with E-state index >= 15 is 0 Å². The smallest absolute Gasteiger partial charge is 0.259 e. The van der Waals surface area contributed by atoms with Gasteiger partial charge in [0, 0.05) is 29.1 Å². The SMILES string of the molecule is CCCCc1oc2ccccc2c1C(=O)Nc1ccc(Cl)c(CN(C)C)c1. The van der Waals surface area contributed by atoms with Crippen LogP contribution in [-0.2, 0) is 13.0 Å². The minimum Gasteiger partial charge on any atom is -0.460 e. The van der Waals surface area contributed by atoms with Crippen LogP contribution < -0.4 is 5.32 Å². The summed E-state index contributed by atoms with van der Waals surface area (Å²) in [5.74, 6) is 0.599. The lowest BCUT2D eigenvalue weighted by Crippen LogP contribution is -2.15. The number of benzene rings is 2. The Morgan fingerprint density at radius 2 is 1.96 bits per heavy atom. The average molecular weight is 385 g/mol. The molecule has 3 rings (SSSR count). The highest BCUT2D eigenvalue weighted by Crippen LogP contribution is 2.29. The number of unbranched alkanes of at least 4 members (excludes halogenated alkanes) is 1. The molecule has 2 aromatic carbocycles. The summed E-state index contributed by atoms with van der Waals surface area (Å²) in [5.41, 5.74) is 3.08. The van der Waals surface area contributed by atoms with Crippen LogP contribution in [0, 0.1) is 0 Å². The van der Waals surface area contributed by atoms with Gasteiger partial charge in [-0.2, -0.15) is 0 Å². The van der Waals surface area contributed by atoms with Crippen LogP contribution >= 0.6 is 11.6 Å². The Kier molecular flexibility index (Phi) is 6.19. The zero-order valence-corrected chi connectivity index (χ0v) is 16.8. The topological polar surface area (TPSA) is 45.5 Å². The van der Waals surface area contributed by atoms with Crippen molar-refractivity contribution >= 4 is 34.2 Å². The molecule has 0 unspecified atom stereocenters. The number of nitrogens with one attached hydrogen (secondary N) is 1. The van der Waals surface area contributed by atoms with Gasteiger partial charge in [0.05, 0.1) is 5.56 Å². The number of furan rings is 1. The summed E-state index contributed by atoms with van der Waals surface area (Å²) in [6.07, 6.45) is 2.78. The van der Waals surface area contributed by atoms with Gasteiger partial charge in [0.1, 0.15) is 11.3 Å². The predicted octanol–water partition coefficient (Wildman–Crippen LogP) is 5.74. The predicted molar refractivity (Wildman–Crippen MR) is 112 cm³/mol. The molecule has 0 radical (unpaired) electrons. The summed E-state index contributed by atoms with van der Waals surface area (Å²) >= 11 is 6.28. The number of fused-ring (bicyclic) bond motifs is 1. The van der Waals surface area contributed by atoms with Crippen LogP contribution in [0.4, 0.5) is 5.69 Å². The van der Waals surface area contributed by atoms with Crippen LogP contribution in [0.5, 0.6) is 0 Å². The van der Waals surface area contributed by atoms with Crippen molar-refractivity contribution in [3.63, 3.8) is 0 Å². The van der Waals surface area contributed by atoms with Crippen molar-refractivity contribution in [2.45, 2.75) is 32.7 Å². The number of para-hydroxylation sites is 1. The molecule has 1 N–H and O–H groups in total. The van der Waals surface area contributed by atoms with Gasteiger partial charge in [0.2, 0.25) is 0 Å². The molecule has 4 nitrogen and oxygen atoms in total. The quantitative estimate of drug-likeness (QED) is 0.564. The molecule has 1 aromatic heterocycles. The van der Waals surface area contributed by atoms with E-state index in [2.05, 4.69) is 12.2 Å². The van der Waals surface area contributed by atoms with Gasteiger partial charge in [-0.3, -0.25) is 4.79 Å². The van der Waals surface area contributed by atoms with E-state index in [1.807, 2.05) is 61.5 Å². The number of halogens is 1. The third-order valence-corrected chi connectivity index (χ3v) is 4.81. The molecule has 0 saturated heterocycles. The number of amides is 1. The van der Waals surface area contributed by atoms with Crippen LogP contribution in [0.2, 0.25) is 5.02 Å². The van der Waals surface area contributed by atoms with Gasteiger partial charge in [-0.15, -0.1) is 0 Å². The third kappa shape index (κ3) is 4.52. The van der Waals surface area contributed by atoms with Gasteiger partial charge in [0.15, 0.2) is 0 Å². The fourth-order valence-corrected chi connectivity index (χ4v) is 3.34. The fraction of sp³-hybridized carbons (Fsp3) is 0.318. The normalized spacial score (nSPS) is 11.3. The summed E-state index contributed by atoms with van der Waals surface area (Å²) in [7, 11) is 3.97. The second-order valence-corrected chi connectivity index (χ2v) is 7.41. The molecule has 0 saturated carbocycles. The summed E-state index contributed by atoms with van der Waals surface area (Å²) in [5, 5.41) is 4.56. The monoisotopic (exact) mass is 384 g/mol. The Morgan fingerprint density at radius 3 is 2.70 bits per heavy atom. The molecular weight excluding hydrogens is 360 g/mol. The van der Waals surface area contributed by atoms with Gasteiger partial charge in [0.25, 0.3) is 5.91 Å². The third-order valence-electron chi connectivity index (χ3n) is 4.44. The molecule has 1 heterocycles. The van der Waals surface area contributed by atoms with E-state index in [1.54, 1.807) is 0 Å². The minimum atomic E-state index is -0.149. The highest BCUT2D eigenvalue weighted by atomic mass is 35.5. The highest BCUT2D eigenvalue weighted by Gasteiger charge is 2.20. The number of rotatable bonds is 7. The maximum absolute atomic E-state index is 13.1. The fourth-order valence-electron chi connectivity index (χ4n) is 3.17. The summed E-state index contributed by atoms with van der Waals surface area (Å²) in [4.78, 5) is 15.1. The minimum absolute atomic E-state index is 0.149. The number of carbonyl (C=O) groups excluding carboxylic acids is 1. The first-order valence-electron chi connectivity index (χ1n) is 9.24. The van der Waals surface area contributed by atoms with E-state index < -0.39 is 0 Å². The first-order chi connectivity index (χ1) is 13.0. The second-order valence-electron chi connectivity index (χ2n) is 7.00. The zero-order chi connectivity index (χ0) is 19.4. The summed E-state index contributed by atoms with van der Waals surface area (Å²) < 4.78 is 5.97. The van der Waals surface area contributed by atoms with Crippen molar-refractivity contribution in [1.29, 1.82) is 0 Å². The second kappa shape index (κ2) is 8.59. The number of hydrogen-bond acceptors (Lipinski definition) is 3. The lowest BCUT2D eigenvalue weighted by atomic mass is 10.1. The number of hydrogen-bond donors (Lipinski definition) is 1. The van der Waals surface area contributed by atoms with Gasteiger partial charge < -0.3 is 14.6 Å². The molecule has 0 spiro atoms. The van der Waals surface area contributed by atoms with Crippen molar-refractivity contribution in [3.05, 3.63) is 64.4 Å². The Hall–Kier alpha value is -2.30. The van der Waals surface area contributed by atoms with Crippen LogP contribution in [0.1, 0.15) is 41.4 Å². The first kappa shape index (κ1) is 19.5. The molecule has 3 aromatic rings. The lowest BCUT2D eigenvalue weighted by Gasteiger charge is -2.13. The Bertz CT molecular complexity index is 947. The standard InChI is InChI=1S/C22H25ClN2O2/c1-4-5-9-20-21(17-8-6-7-10-19(17)27-20)22(26)24-16-11-12-18(23)15(13-16)14-25(2)3/h6-8,10-13H,4-5,9,14H2,1-3H3,(H,24,26). The molecule has 0 aliphatic heterocycles. The molecule has 5 heteroatoms. The molecule has 0 aliphatic carbocycles. The molecule has 0 bridgehead atoms. The molecule has 0 aliphatic rings. The number of anilines is 1. The van der Waals surface area contributed by atoms with Crippen LogP contribution in [-0.4, -0.2) is 24.9 Å². The Balaban J connectivity index is 1.92. The maximum atomic E-state index is 13.1.